The van der Waals surface area contributed by atoms with Crippen molar-refractivity contribution >= 4 is 29.1 Å². The van der Waals surface area contributed by atoms with Crippen LogP contribution in [0.1, 0.15) is 51.5 Å². The van der Waals surface area contributed by atoms with Gasteiger partial charge in [-0.2, -0.15) is 0 Å². The molecule has 2 N–H and O–H groups in total. The Balaban J connectivity index is 2.30. The number of carboxylic acid groups (broad SMARTS) is 2. The van der Waals surface area contributed by atoms with Gasteiger partial charge in [-0.3, -0.25) is 4.79 Å². The highest BCUT2D eigenvalue weighted by atomic mass is 35.5. The number of carbonyl (C=O) groups is 2. The summed E-state index contributed by atoms with van der Waals surface area (Å²) >= 11 is 6.05. The van der Waals surface area contributed by atoms with Crippen LogP contribution in [0.15, 0.2) is 35.4 Å². The molecule has 2 aliphatic rings. The number of halogens is 2. The van der Waals surface area contributed by atoms with Crippen molar-refractivity contribution in [1.29, 1.82) is 0 Å². The number of hydrogen-bond acceptors (Lipinski definition) is 2. The third kappa shape index (κ3) is 3.26. The summed E-state index contributed by atoms with van der Waals surface area (Å²) in [5.74, 6) is -3.71. The molecule has 1 aromatic rings. The Labute approximate surface area is 168 Å². The molecule has 0 heterocycles. The third-order valence-corrected chi connectivity index (χ3v) is 6.68. The molecule has 0 saturated heterocycles. The number of carboxylic acids is 2. The second-order valence-corrected chi connectivity index (χ2v) is 8.26. The van der Waals surface area contributed by atoms with E-state index in [1.54, 1.807) is 19.9 Å². The van der Waals surface area contributed by atoms with Crippen LogP contribution in [0, 0.1) is 23.1 Å². The number of hydrogen-bond donors (Lipinski definition) is 2. The van der Waals surface area contributed by atoms with Crippen LogP contribution >= 0.6 is 11.6 Å². The zero-order valence-corrected chi connectivity index (χ0v) is 16.7. The molecule has 0 amide bonds. The second kappa shape index (κ2) is 7.70. The SMILES string of the molecule is CC1=C(C(=O)O)C(C)C(C(=O)O)(C2CCCCC2)C=C1c1cc(Cl)ccc1F. The molecule has 3 rings (SSSR count). The molecule has 6 heteroatoms. The normalized spacial score (nSPS) is 26.1. The van der Waals surface area contributed by atoms with E-state index >= 15 is 0 Å². The lowest BCUT2D eigenvalue weighted by Crippen LogP contribution is -2.47. The van der Waals surface area contributed by atoms with Gasteiger partial charge in [-0.15, -0.1) is 0 Å². The van der Waals surface area contributed by atoms with Crippen molar-refractivity contribution in [3.63, 3.8) is 0 Å². The topological polar surface area (TPSA) is 74.6 Å². The van der Waals surface area contributed by atoms with Crippen LogP contribution in [0.5, 0.6) is 0 Å². The molecule has 28 heavy (non-hydrogen) atoms. The highest BCUT2D eigenvalue weighted by Gasteiger charge is 2.53. The largest absolute Gasteiger partial charge is 0.481 e. The maximum atomic E-state index is 14.6. The van der Waals surface area contributed by atoms with Crippen LogP contribution in [0.4, 0.5) is 4.39 Å². The van der Waals surface area contributed by atoms with E-state index in [-0.39, 0.29) is 17.1 Å². The van der Waals surface area contributed by atoms with Crippen molar-refractivity contribution in [2.24, 2.45) is 17.3 Å². The van der Waals surface area contributed by atoms with Gasteiger partial charge in [0.1, 0.15) is 5.82 Å². The summed E-state index contributed by atoms with van der Waals surface area (Å²) in [6.07, 6.45) is 5.89. The van der Waals surface area contributed by atoms with Gasteiger partial charge in [-0.25, -0.2) is 9.18 Å². The van der Waals surface area contributed by atoms with Gasteiger partial charge < -0.3 is 10.2 Å². The molecule has 2 aliphatic carbocycles. The number of allylic oxidation sites excluding steroid dienone is 2. The molecule has 4 nitrogen and oxygen atoms in total. The first-order valence-electron chi connectivity index (χ1n) is 9.56. The molecule has 1 saturated carbocycles. The predicted molar refractivity (Wildman–Crippen MR) is 106 cm³/mol. The fraction of sp³-hybridized carbons (Fsp3) is 0.455. The Hall–Kier alpha value is -2.14. The van der Waals surface area contributed by atoms with E-state index in [1.807, 2.05) is 0 Å². The Morgan fingerprint density at radius 3 is 2.39 bits per heavy atom. The number of aliphatic carboxylic acids is 2. The molecule has 1 aromatic carbocycles. The summed E-state index contributed by atoms with van der Waals surface area (Å²) < 4.78 is 14.6. The molecule has 0 bridgehead atoms. The molecule has 0 aromatic heterocycles. The summed E-state index contributed by atoms with van der Waals surface area (Å²) in [6, 6.07) is 4.05. The van der Waals surface area contributed by atoms with Crippen molar-refractivity contribution in [2.75, 3.05) is 0 Å². The Bertz CT molecular complexity index is 883. The minimum Gasteiger partial charge on any atom is -0.481 e. The van der Waals surface area contributed by atoms with Gasteiger partial charge in [0, 0.05) is 22.1 Å². The molecule has 150 valence electrons. The van der Waals surface area contributed by atoms with E-state index in [0.717, 1.165) is 19.3 Å². The first kappa shape index (κ1) is 20.6. The highest BCUT2D eigenvalue weighted by Crippen LogP contribution is 2.53. The van der Waals surface area contributed by atoms with Crippen molar-refractivity contribution in [1.82, 2.24) is 0 Å². The second-order valence-electron chi connectivity index (χ2n) is 7.82. The summed E-state index contributed by atoms with van der Waals surface area (Å²) in [5, 5.41) is 20.5. The van der Waals surface area contributed by atoms with Gasteiger partial charge in [-0.1, -0.05) is 43.9 Å². The summed E-state index contributed by atoms with van der Waals surface area (Å²) in [7, 11) is 0. The van der Waals surface area contributed by atoms with E-state index in [2.05, 4.69) is 0 Å². The Morgan fingerprint density at radius 2 is 1.82 bits per heavy atom. The maximum Gasteiger partial charge on any atom is 0.332 e. The zero-order chi connectivity index (χ0) is 20.6. The lowest BCUT2D eigenvalue weighted by atomic mass is 9.57. The van der Waals surface area contributed by atoms with Crippen LogP contribution in [0.25, 0.3) is 5.57 Å². The van der Waals surface area contributed by atoms with Gasteiger partial charge in [0.05, 0.1) is 5.41 Å². The van der Waals surface area contributed by atoms with Crippen molar-refractivity contribution in [3.05, 3.63) is 51.8 Å². The molecule has 0 aliphatic heterocycles. The van der Waals surface area contributed by atoms with Crippen LogP contribution in [-0.2, 0) is 9.59 Å². The smallest absolute Gasteiger partial charge is 0.332 e. The average molecular weight is 407 g/mol. The van der Waals surface area contributed by atoms with Crippen LogP contribution in [0.2, 0.25) is 5.02 Å². The molecular weight excluding hydrogens is 383 g/mol. The van der Waals surface area contributed by atoms with Crippen molar-refractivity contribution in [3.8, 4) is 0 Å². The van der Waals surface area contributed by atoms with Gasteiger partial charge in [0.15, 0.2) is 0 Å². The van der Waals surface area contributed by atoms with E-state index in [9.17, 15) is 24.2 Å². The minimum atomic E-state index is -1.39. The van der Waals surface area contributed by atoms with E-state index in [0.29, 0.717) is 29.0 Å². The van der Waals surface area contributed by atoms with Gasteiger partial charge in [0.25, 0.3) is 0 Å². The first-order valence-corrected chi connectivity index (χ1v) is 9.94. The third-order valence-electron chi connectivity index (χ3n) is 6.44. The van der Waals surface area contributed by atoms with E-state index < -0.39 is 29.1 Å². The molecule has 2 atom stereocenters. The molecule has 1 fully saturated rings. The van der Waals surface area contributed by atoms with Crippen LogP contribution < -0.4 is 0 Å². The lowest BCUT2D eigenvalue weighted by Gasteiger charge is -2.45. The Kier molecular flexibility index (Phi) is 5.67. The summed E-state index contributed by atoms with van der Waals surface area (Å²) in [5.41, 5.74) is -0.531. The molecular formula is C22H24ClFO4. The van der Waals surface area contributed by atoms with Crippen molar-refractivity contribution in [2.45, 2.75) is 46.0 Å². The quantitative estimate of drug-likeness (QED) is 0.685. The van der Waals surface area contributed by atoms with Crippen LogP contribution in [-0.4, -0.2) is 22.2 Å². The highest BCUT2D eigenvalue weighted by molar-refractivity contribution is 6.30. The van der Waals surface area contributed by atoms with Gasteiger partial charge in [0.2, 0.25) is 0 Å². The van der Waals surface area contributed by atoms with E-state index in [1.165, 1.54) is 18.2 Å². The molecule has 0 radical (unpaired) electrons. The van der Waals surface area contributed by atoms with Crippen LogP contribution in [0.3, 0.4) is 0 Å². The lowest BCUT2D eigenvalue weighted by molar-refractivity contribution is -0.153. The fourth-order valence-electron chi connectivity index (χ4n) is 4.98. The fourth-order valence-corrected chi connectivity index (χ4v) is 5.16. The molecule has 0 spiro atoms. The Morgan fingerprint density at radius 1 is 1.18 bits per heavy atom. The molecule has 2 unspecified atom stereocenters. The summed E-state index contributed by atoms with van der Waals surface area (Å²) in [6.45, 7) is 3.27. The van der Waals surface area contributed by atoms with E-state index in [4.69, 9.17) is 11.6 Å². The van der Waals surface area contributed by atoms with Crippen molar-refractivity contribution < 1.29 is 24.2 Å². The van der Waals surface area contributed by atoms with Gasteiger partial charge >= 0.3 is 11.9 Å². The standard InChI is InChI=1S/C22H24ClFO4/c1-12-17(16-10-15(23)8-9-18(16)24)11-22(21(27)28,13(2)19(12)20(25)26)14-6-4-3-5-7-14/h8-11,13-14H,3-7H2,1-2H3,(H,25,26)(H,27,28). The zero-order valence-electron chi connectivity index (χ0n) is 16.0. The predicted octanol–water partition coefficient (Wildman–Crippen LogP) is 5.56. The number of benzene rings is 1. The number of rotatable bonds is 4. The first-order chi connectivity index (χ1) is 13.2. The van der Waals surface area contributed by atoms with Gasteiger partial charge in [-0.05, 0) is 55.0 Å². The average Bonchev–Trinajstić information content (AvgIpc) is 2.64. The monoisotopic (exact) mass is 406 g/mol. The minimum absolute atomic E-state index is 0.0323. The summed E-state index contributed by atoms with van der Waals surface area (Å²) in [4.78, 5) is 24.7. The maximum absolute atomic E-state index is 14.6.